The number of nitrogens with zero attached hydrogens (tertiary/aromatic N) is 1. The Hall–Kier alpha value is -2.95. The fourth-order valence-corrected chi connectivity index (χ4v) is 2.74. The number of aromatic nitrogens is 1. The number of pyridine rings is 1. The Bertz CT molecular complexity index is 883. The van der Waals surface area contributed by atoms with Gasteiger partial charge in [-0.3, -0.25) is 0 Å². The van der Waals surface area contributed by atoms with Crippen LogP contribution in [0.3, 0.4) is 0 Å². The van der Waals surface area contributed by atoms with Gasteiger partial charge in [0.1, 0.15) is 5.75 Å². The summed E-state index contributed by atoms with van der Waals surface area (Å²) in [5.41, 5.74) is 9.30. The maximum atomic E-state index is 5.99. The minimum Gasteiger partial charge on any atom is -0.493 e. The van der Waals surface area contributed by atoms with Crippen LogP contribution in [0.2, 0.25) is 0 Å². The second kappa shape index (κ2) is 6.28. The molecule has 0 amide bonds. The predicted molar refractivity (Wildman–Crippen MR) is 95.2 cm³/mol. The molecule has 0 aliphatic heterocycles. The molecular formula is C19H20N2O3. The molecule has 1 heterocycles. The number of aryl methyl sites for hydroxylation is 2. The van der Waals surface area contributed by atoms with Crippen LogP contribution in [-0.2, 0) is 0 Å². The third-order valence-electron chi connectivity index (χ3n) is 3.86. The van der Waals surface area contributed by atoms with E-state index in [4.69, 9.17) is 19.9 Å². The lowest BCUT2D eigenvalue weighted by Crippen LogP contribution is -1.96. The lowest BCUT2D eigenvalue weighted by molar-refractivity contribution is 0.355. The molecule has 0 saturated heterocycles. The van der Waals surface area contributed by atoms with E-state index in [0.717, 1.165) is 33.5 Å². The fraction of sp³-hybridized carbons (Fsp3) is 0.211. The van der Waals surface area contributed by atoms with Crippen molar-refractivity contribution in [1.29, 1.82) is 0 Å². The van der Waals surface area contributed by atoms with Crippen LogP contribution in [0.25, 0.3) is 10.9 Å². The van der Waals surface area contributed by atoms with Crippen molar-refractivity contribution in [3.8, 4) is 23.1 Å². The molecule has 5 nitrogen and oxygen atoms in total. The van der Waals surface area contributed by atoms with E-state index in [0.29, 0.717) is 17.4 Å². The van der Waals surface area contributed by atoms with E-state index in [1.54, 1.807) is 14.2 Å². The van der Waals surface area contributed by atoms with Crippen molar-refractivity contribution in [2.24, 2.45) is 0 Å². The van der Waals surface area contributed by atoms with Crippen LogP contribution in [-0.4, -0.2) is 19.2 Å². The highest BCUT2D eigenvalue weighted by Gasteiger charge is 2.11. The van der Waals surface area contributed by atoms with Crippen LogP contribution in [0, 0.1) is 13.8 Å². The molecule has 24 heavy (non-hydrogen) atoms. The highest BCUT2D eigenvalue weighted by molar-refractivity contribution is 5.83. The molecule has 0 spiro atoms. The van der Waals surface area contributed by atoms with Crippen LogP contribution >= 0.6 is 0 Å². The molecule has 0 atom stereocenters. The molecule has 0 aliphatic rings. The summed E-state index contributed by atoms with van der Waals surface area (Å²) in [7, 11) is 3.21. The summed E-state index contributed by atoms with van der Waals surface area (Å²) in [5, 5.41) is 0.950. The van der Waals surface area contributed by atoms with Gasteiger partial charge in [0.25, 0.3) is 0 Å². The van der Waals surface area contributed by atoms with Crippen LogP contribution in [0.5, 0.6) is 23.1 Å². The van der Waals surface area contributed by atoms with E-state index in [1.807, 2.05) is 50.2 Å². The molecule has 1 aromatic heterocycles. The summed E-state index contributed by atoms with van der Waals surface area (Å²) < 4.78 is 16.6. The SMILES string of the molecule is COc1cc2ccc(Oc3c(C)cc(N)cc3C)nc2cc1OC. The van der Waals surface area contributed by atoms with Gasteiger partial charge in [-0.15, -0.1) is 0 Å². The number of fused-ring (bicyclic) bond motifs is 1. The third kappa shape index (κ3) is 2.93. The molecule has 0 aliphatic carbocycles. The molecule has 3 aromatic rings. The standard InChI is InChI=1S/C19H20N2O3/c1-11-7-14(20)8-12(2)19(11)24-18-6-5-13-9-16(22-3)17(23-4)10-15(13)21-18/h5-10H,20H2,1-4H3. The first kappa shape index (κ1) is 15.9. The van der Waals surface area contributed by atoms with Gasteiger partial charge in [-0.05, 0) is 49.2 Å². The molecular weight excluding hydrogens is 304 g/mol. The predicted octanol–water partition coefficient (Wildman–Crippen LogP) is 4.24. The Morgan fingerprint density at radius 1 is 0.875 bits per heavy atom. The van der Waals surface area contributed by atoms with Gasteiger partial charge in [0.15, 0.2) is 11.5 Å². The van der Waals surface area contributed by atoms with Gasteiger partial charge in [0.2, 0.25) is 5.88 Å². The molecule has 0 radical (unpaired) electrons. The summed E-state index contributed by atoms with van der Waals surface area (Å²) in [6.07, 6.45) is 0. The number of anilines is 1. The first-order chi connectivity index (χ1) is 11.5. The average molecular weight is 324 g/mol. The lowest BCUT2D eigenvalue weighted by atomic mass is 10.1. The summed E-state index contributed by atoms with van der Waals surface area (Å²) in [4.78, 5) is 4.57. The van der Waals surface area contributed by atoms with Crippen molar-refractivity contribution >= 4 is 16.6 Å². The first-order valence-corrected chi connectivity index (χ1v) is 7.59. The molecule has 0 bridgehead atoms. The minimum atomic E-state index is 0.519. The average Bonchev–Trinajstić information content (AvgIpc) is 2.56. The van der Waals surface area contributed by atoms with Crippen molar-refractivity contribution < 1.29 is 14.2 Å². The number of hydrogen-bond donors (Lipinski definition) is 1. The number of nitrogens with two attached hydrogens (primary N) is 1. The number of nitrogen functional groups attached to an aromatic ring is 1. The first-order valence-electron chi connectivity index (χ1n) is 7.59. The van der Waals surface area contributed by atoms with E-state index < -0.39 is 0 Å². The topological polar surface area (TPSA) is 66.6 Å². The van der Waals surface area contributed by atoms with E-state index in [1.165, 1.54) is 0 Å². The molecule has 5 heteroatoms. The van der Waals surface area contributed by atoms with E-state index in [9.17, 15) is 0 Å². The Labute approximate surface area is 141 Å². The molecule has 0 unspecified atom stereocenters. The number of ether oxygens (including phenoxy) is 3. The normalized spacial score (nSPS) is 10.7. The second-order valence-corrected chi connectivity index (χ2v) is 5.64. The summed E-state index contributed by atoms with van der Waals surface area (Å²) in [6.45, 7) is 3.93. The third-order valence-corrected chi connectivity index (χ3v) is 3.86. The number of methoxy groups -OCH3 is 2. The van der Waals surface area contributed by atoms with Crippen molar-refractivity contribution in [2.45, 2.75) is 13.8 Å². The highest BCUT2D eigenvalue weighted by atomic mass is 16.5. The van der Waals surface area contributed by atoms with Crippen molar-refractivity contribution in [2.75, 3.05) is 20.0 Å². The maximum absolute atomic E-state index is 5.99. The van der Waals surface area contributed by atoms with E-state index in [-0.39, 0.29) is 0 Å². The molecule has 2 N–H and O–H groups in total. The van der Waals surface area contributed by atoms with Crippen molar-refractivity contribution in [1.82, 2.24) is 4.98 Å². The Morgan fingerprint density at radius 3 is 2.12 bits per heavy atom. The van der Waals surface area contributed by atoms with Gasteiger partial charge in [-0.2, -0.15) is 0 Å². The van der Waals surface area contributed by atoms with Gasteiger partial charge in [0.05, 0.1) is 19.7 Å². The highest BCUT2D eigenvalue weighted by Crippen LogP contribution is 2.34. The Balaban J connectivity index is 2.02. The largest absolute Gasteiger partial charge is 0.493 e. The Morgan fingerprint density at radius 2 is 1.50 bits per heavy atom. The van der Waals surface area contributed by atoms with E-state index >= 15 is 0 Å². The monoisotopic (exact) mass is 324 g/mol. The maximum Gasteiger partial charge on any atom is 0.219 e. The summed E-state index contributed by atoms with van der Waals surface area (Å²) >= 11 is 0. The molecule has 3 rings (SSSR count). The number of benzene rings is 2. The van der Waals surface area contributed by atoms with Gasteiger partial charge in [-0.25, -0.2) is 4.98 Å². The zero-order chi connectivity index (χ0) is 17.3. The number of hydrogen-bond acceptors (Lipinski definition) is 5. The van der Waals surface area contributed by atoms with Gasteiger partial charge in [-0.1, -0.05) is 0 Å². The van der Waals surface area contributed by atoms with Crippen LogP contribution in [0.15, 0.2) is 36.4 Å². The smallest absolute Gasteiger partial charge is 0.219 e. The second-order valence-electron chi connectivity index (χ2n) is 5.64. The van der Waals surface area contributed by atoms with Crippen LogP contribution in [0.1, 0.15) is 11.1 Å². The Kier molecular flexibility index (Phi) is 4.16. The zero-order valence-electron chi connectivity index (χ0n) is 14.2. The molecule has 2 aromatic carbocycles. The van der Waals surface area contributed by atoms with Crippen molar-refractivity contribution in [3.05, 3.63) is 47.5 Å². The van der Waals surface area contributed by atoms with Gasteiger partial charge in [0, 0.05) is 23.2 Å². The van der Waals surface area contributed by atoms with Crippen LogP contribution in [0.4, 0.5) is 5.69 Å². The molecule has 0 fully saturated rings. The van der Waals surface area contributed by atoms with Crippen molar-refractivity contribution in [3.63, 3.8) is 0 Å². The van der Waals surface area contributed by atoms with E-state index in [2.05, 4.69) is 4.98 Å². The fourth-order valence-electron chi connectivity index (χ4n) is 2.74. The summed E-state index contributed by atoms with van der Waals surface area (Å²) in [6, 6.07) is 11.3. The quantitative estimate of drug-likeness (QED) is 0.727. The lowest BCUT2D eigenvalue weighted by Gasteiger charge is -2.13. The zero-order valence-corrected chi connectivity index (χ0v) is 14.2. The van der Waals surface area contributed by atoms with Crippen LogP contribution < -0.4 is 19.9 Å². The minimum absolute atomic E-state index is 0.519. The summed E-state index contributed by atoms with van der Waals surface area (Å²) in [5.74, 6) is 2.60. The van der Waals surface area contributed by atoms with Gasteiger partial charge < -0.3 is 19.9 Å². The number of rotatable bonds is 4. The molecule has 124 valence electrons. The van der Waals surface area contributed by atoms with Gasteiger partial charge >= 0.3 is 0 Å². The molecule has 0 saturated carbocycles.